The van der Waals surface area contributed by atoms with Gasteiger partial charge in [-0.05, 0) is 35.2 Å². The van der Waals surface area contributed by atoms with Gasteiger partial charge in [-0.3, -0.25) is 4.79 Å². The van der Waals surface area contributed by atoms with E-state index >= 15 is 0 Å². The van der Waals surface area contributed by atoms with Crippen molar-refractivity contribution in [1.29, 1.82) is 0 Å². The maximum absolute atomic E-state index is 12.1. The van der Waals surface area contributed by atoms with Crippen LogP contribution in [0.25, 0.3) is 16.8 Å². The van der Waals surface area contributed by atoms with E-state index in [1.54, 1.807) is 24.3 Å². The highest BCUT2D eigenvalue weighted by molar-refractivity contribution is 6.03. The molecule has 6 nitrogen and oxygen atoms in total. The highest BCUT2D eigenvalue weighted by atomic mass is 16.7. The number of esters is 1. The number of hydrogen-bond acceptors (Lipinski definition) is 5. The third-order valence-electron chi connectivity index (χ3n) is 4.22. The summed E-state index contributed by atoms with van der Waals surface area (Å²) in [5, 5.41) is 4.71. The van der Waals surface area contributed by atoms with Crippen molar-refractivity contribution in [3.63, 3.8) is 0 Å². The number of anilines is 1. The summed E-state index contributed by atoms with van der Waals surface area (Å²) in [6, 6.07) is 18.7. The van der Waals surface area contributed by atoms with E-state index in [1.807, 2.05) is 42.5 Å². The van der Waals surface area contributed by atoms with Crippen LogP contribution in [0.5, 0.6) is 11.5 Å². The Balaban J connectivity index is 1.32. The van der Waals surface area contributed by atoms with Crippen molar-refractivity contribution in [3.8, 4) is 11.5 Å². The largest absolute Gasteiger partial charge is 0.454 e. The van der Waals surface area contributed by atoms with Crippen LogP contribution in [-0.4, -0.2) is 25.3 Å². The van der Waals surface area contributed by atoms with Crippen LogP contribution in [0.2, 0.25) is 0 Å². The van der Waals surface area contributed by atoms with Crippen LogP contribution in [0.1, 0.15) is 5.56 Å². The third kappa shape index (κ3) is 3.96. The summed E-state index contributed by atoms with van der Waals surface area (Å²) in [6.45, 7) is -0.177. The lowest BCUT2D eigenvalue weighted by molar-refractivity contribution is -0.142. The number of rotatable bonds is 5. The van der Waals surface area contributed by atoms with E-state index in [0.29, 0.717) is 17.2 Å². The van der Waals surface area contributed by atoms with Gasteiger partial charge in [0.1, 0.15) is 0 Å². The molecule has 3 aromatic rings. The minimum Gasteiger partial charge on any atom is -0.454 e. The van der Waals surface area contributed by atoms with Gasteiger partial charge in [-0.2, -0.15) is 0 Å². The summed E-state index contributed by atoms with van der Waals surface area (Å²) in [7, 11) is 0. The van der Waals surface area contributed by atoms with Crippen LogP contribution in [0.3, 0.4) is 0 Å². The fourth-order valence-electron chi connectivity index (χ4n) is 2.89. The van der Waals surface area contributed by atoms with E-state index in [0.717, 1.165) is 16.3 Å². The quantitative estimate of drug-likeness (QED) is 0.543. The molecule has 0 bridgehead atoms. The zero-order valence-electron chi connectivity index (χ0n) is 14.9. The van der Waals surface area contributed by atoms with Crippen molar-refractivity contribution in [1.82, 2.24) is 0 Å². The second-order valence-corrected chi connectivity index (χ2v) is 6.13. The van der Waals surface area contributed by atoms with Crippen molar-refractivity contribution in [2.45, 2.75) is 0 Å². The van der Waals surface area contributed by atoms with Crippen molar-refractivity contribution >= 4 is 34.4 Å². The molecule has 6 heteroatoms. The molecule has 28 heavy (non-hydrogen) atoms. The third-order valence-corrected chi connectivity index (χ3v) is 4.22. The maximum Gasteiger partial charge on any atom is 0.331 e. The SMILES string of the molecule is O=C(COC(=O)/C=C/c1ccc2c(c1)OCO2)Nc1cccc2ccccc12. The van der Waals surface area contributed by atoms with Gasteiger partial charge in [0.05, 0.1) is 0 Å². The van der Waals surface area contributed by atoms with Crippen LogP contribution < -0.4 is 14.8 Å². The number of carbonyl (C=O) groups excluding carboxylic acids is 2. The number of benzene rings is 3. The minimum absolute atomic E-state index is 0.191. The normalized spacial score (nSPS) is 12.3. The highest BCUT2D eigenvalue weighted by Gasteiger charge is 2.12. The summed E-state index contributed by atoms with van der Waals surface area (Å²) in [4.78, 5) is 24.0. The predicted molar refractivity (Wildman–Crippen MR) is 105 cm³/mol. The molecule has 0 saturated carbocycles. The van der Waals surface area contributed by atoms with Gasteiger partial charge < -0.3 is 19.5 Å². The fraction of sp³-hybridized carbons (Fsp3) is 0.0909. The lowest BCUT2D eigenvalue weighted by Crippen LogP contribution is -2.20. The van der Waals surface area contributed by atoms with E-state index in [4.69, 9.17) is 14.2 Å². The van der Waals surface area contributed by atoms with Gasteiger partial charge in [-0.1, -0.05) is 42.5 Å². The zero-order chi connectivity index (χ0) is 19.3. The van der Waals surface area contributed by atoms with E-state index in [1.165, 1.54) is 6.08 Å². The standard InChI is InChI=1S/C22H17NO5/c24-21(23-18-7-3-5-16-4-1-2-6-17(16)18)13-26-22(25)11-9-15-8-10-19-20(12-15)28-14-27-19/h1-12H,13-14H2,(H,23,24)/b11-9+. The van der Waals surface area contributed by atoms with Crippen LogP contribution in [0.15, 0.2) is 66.7 Å². The Morgan fingerprint density at radius 1 is 1.00 bits per heavy atom. The van der Waals surface area contributed by atoms with Crippen molar-refractivity contribution in [3.05, 3.63) is 72.3 Å². The molecule has 1 heterocycles. The lowest BCUT2D eigenvalue weighted by atomic mass is 10.1. The van der Waals surface area contributed by atoms with Crippen LogP contribution in [-0.2, 0) is 14.3 Å². The molecule has 0 atom stereocenters. The van der Waals surface area contributed by atoms with Gasteiger partial charge in [0.25, 0.3) is 5.91 Å². The molecule has 0 spiro atoms. The molecule has 140 valence electrons. The van der Waals surface area contributed by atoms with Gasteiger partial charge in [0.2, 0.25) is 6.79 Å². The Kier molecular flexibility index (Phi) is 4.93. The summed E-state index contributed by atoms with van der Waals surface area (Å²) in [5.74, 6) is 0.293. The van der Waals surface area contributed by atoms with Gasteiger partial charge in [0, 0.05) is 17.1 Å². The molecule has 1 aliphatic heterocycles. The zero-order valence-corrected chi connectivity index (χ0v) is 14.9. The molecule has 0 saturated heterocycles. The molecule has 4 rings (SSSR count). The molecule has 1 N–H and O–H groups in total. The first-order chi connectivity index (χ1) is 13.7. The topological polar surface area (TPSA) is 73.9 Å². The number of ether oxygens (including phenoxy) is 3. The molecule has 1 amide bonds. The lowest BCUT2D eigenvalue weighted by Gasteiger charge is -2.08. The van der Waals surface area contributed by atoms with Crippen molar-refractivity contribution in [2.75, 3.05) is 18.7 Å². The average molecular weight is 375 g/mol. The highest BCUT2D eigenvalue weighted by Crippen LogP contribution is 2.32. The number of carbonyl (C=O) groups is 2. The van der Waals surface area contributed by atoms with Crippen molar-refractivity contribution in [2.24, 2.45) is 0 Å². The summed E-state index contributed by atoms with van der Waals surface area (Å²) in [6.07, 6.45) is 2.86. The Bertz CT molecular complexity index is 1070. The molecule has 0 fully saturated rings. The predicted octanol–water partition coefficient (Wildman–Crippen LogP) is 3.76. The van der Waals surface area contributed by atoms with Gasteiger partial charge >= 0.3 is 5.97 Å². The van der Waals surface area contributed by atoms with Gasteiger partial charge in [0.15, 0.2) is 18.1 Å². The first-order valence-corrected chi connectivity index (χ1v) is 8.71. The molecular weight excluding hydrogens is 358 g/mol. The number of fused-ring (bicyclic) bond motifs is 2. The summed E-state index contributed by atoms with van der Waals surface area (Å²) >= 11 is 0. The monoisotopic (exact) mass is 375 g/mol. The molecule has 0 aromatic heterocycles. The molecule has 0 radical (unpaired) electrons. The Hall–Kier alpha value is -3.80. The Morgan fingerprint density at radius 2 is 1.82 bits per heavy atom. The number of amides is 1. The first kappa shape index (κ1) is 17.6. The van der Waals surface area contributed by atoms with Crippen molar-refractivity contribution < 1.29 is 23.8 Å². The van der Waals surface area contributed by atoms with E-state index < -0.39 is 11.9 Å². The number of nitrogens with one attached hydrogen (secondary N) is 1. The van der Waals surface area contributed by atoms with Gasteiger partial charge in [-0.25, -0.2) is 4.79 Å². The van der Waals surface area contributed by atoms with E-state index in [9.17, 15) is 9.59 Å². The first-order valence-electron chi connectivity index (χ1n) is 8.71. The molecule has 1 aliphatic rings. The van der Waals surface area contributed by atoms with E-state index in [-0.39, 0.29) is 13.4 Å². The molecule has 0 aliphatic carbocycles. The second-order valence-electron chi connectivity index (χ2n) is 6.13. The average Bonchev–Trinajstić information content (AvgIpc) is 3.19. The maximum atomic E-state index is 12.1. The smallest absolute Gasteiger partial charge is 0.331 e. The summed E-state index contributed by atoms with van der Waals surface area (Å²) in [5.41, 5.74) is 1.44. The van der Waals surface area contributed by atoms with Crippen LogP contribution in [0.4, 0.5) is 5.69 Å². The number of hydrogen-bond donors (Lipinski definition) is 1. The molecular formula is C22H17NO5. The Labute approximate surface area is 161 Å². The molecule has 3 aromatic carbocycles. The minimum atomic E-state index is -0.606. The van der Waals surface area contributed by atoms with E-state index in [2.05, 4.69) is 5.32 Å². The van der Waals surface area contributed by atoms with Crippen LogP contribution >= 0.6 is 0 Å². The summed E-state index contributed by atoms with van der Waals surface area (Å²) < 4.78 is 15.5. The second kappa shape index (κ2) is 7.84. The van der Waals surface area contributed by atoms with Gasteiger partial charge in [-0.15, -0.1) is 0 Å². The van der Waals surface area contributed by atoms with Crippen LogP contribution in [0, 0.1) is 0 Å². The Morgan fingerprint density at radius 3 is 2.75 bits per heavy atom. The fourth-order valence-corrected chi connectivity index (χ4v) is 2.89. The molecule has 0 unspecified atom stereocenters.